The lowest BCUT2D eigenvalue weighted by molar-refractivity contribution is 0.102. The Morgan fingerprint density at radius 2 is 1.78 bits per heavy atom. The molecule has 138 valence electrons. The van der Waals surface area contributed by atoms with Crippen LogP contribution in [0, 0.1) is 0 Å². The topological polar surface area (TPSA) is 76.1 Å². The smallest absolute Gasteiger partial charge is 0.274 e. The Labute approximate surface area is 158 Å². The number of nitrogens with one attached hydrogen (secondary N) is 2. The summed E-state index contributed by atoms with van der Waals surface area (Å²) in [4.78, 5) is 20.9. The van der Waals surface area contributed by atoms with Crippen molar-refractivity contribution in [2.45, 2.75) is 19.8 Å². The summed E-state index contributed by atoms with van der Waals surface area (Å²) in [6.45, 7) is 4.18. The molecule has 0 spiro atoms. The highest BCUT2D eigenvalue weighted by Crippen LogP contribution is 2.24. The second-order valence-corrected chi connectivity index (χ2v) is 6.34. The van der Waals surface area contributed by atoms with Gasteiger partial charge in [-0.05, 0) is 41.8 Å². The quantitative estimate of drug-likeness (QED) is 0.670. The predicted octanol–water partition coefficient (Wildman–Crippen LogP) is 4.60. The zero-order valence-electron chi connectivity index (χ0n) is 15.6. The van der Waals surface area contributed by atoms with Crippen molar-refractivity contribution in [2.24, 2.45) is 0 Å². The fourth-order valence-electron chi connectivity index (χ4n) is 2.67. The largest absolute Gasteiger partial charge is 0.497 e. The van der Waals surface area contributed by atoms with Crippen molar-refractivity contribution in [1.29, 1.82) is 0 Å². The highest BCUT2D eigenvalue weighted by Gasteiger charge is 2.13. The molecule has 0 aliphatic rings. The van der Waals surface area contributed by atoms with E-state index in [-0.39, 0.29) is 5.91 Å². The van der Waals surface area contributed by atoms with Crippen LogP contribution in [0.1, 0.15) is 35.8 Å². The number of ether oxygens (including phenoxy) is 1. The third-order valence-electron chi connectivity index (χ3n) is 4.09. The van der Waals surface area contributed by atoms with Crippen molar-refractivity contribution in [1.82, 2.24) is 9.97 Å². The van der Waals surface area contributed by atoms with Crippen LogP contribution in [0.15, 0.2) is 60.9 Å². The molecule has 1 aromatic heterocycles. The molecule has 0 radical (unpaired) electrons. The average Bonchev–Trinajstić information content (AvgIpc) is 2.69. The molecule has 0 saturated carbocycles. The van der Waals surface area contributed by atoms with Crippen molar-refractivity contribution in [2.75, 3.05) is 17.7 Å². The lowest BCUT2D eigenvalue weighted by Crippen LogP contribution is -2.15. The van der Waals surface area contributed by atoms with Gasteiger partial charge in [-0.25, -0.2) is 9.97 Å². The molecule has 0 aliphatic carbocycles. The molecule has 0 fully saturated rings. The summed E-state index contributed by atoms with van der Waals surface area (Å²) in [6.07, 6.45) is 1.37. The van der Waals surface area contributed by atoms with Crippen molar-refractivity contribution in [3.05, 3.63) is 72.2 Å². The monoisotopic (exact) mass is 362 g/mol. The Morgan fingerprint density at radius 3 is 2.48 bits per heavy atom. The molecule has 27 heavy (non-hydrogen) atoms. The number of amides is 1. The summed E-state index contributed by atoms with van der Waals surface area (Å²) >= 11 is 0. The molecule has 6 nitrogen and oxygen atoms in total. The van der Waals surface area contributed by atoms with Crippen LogP contribution in [-0.4, -0.2) is 23.0 Å². The molecule has 2 N–H and O–H groups in total. The fourth-order valence-corrected chi connectivity index (χ4v) is 2.67. The minimum atomic E-state index is -0.275. The standard InChI is InChI=1S/C21H22N4O2/c1-14(2)17-6-4-5-7-18(17)25-21(26)19-12-20(23-13-22-19)24-15-8-10-16(27-3)11-9-15/h4-14H,1-3H3,(H,25,26)(H,22,23,24). The van der Waals surface area contributed by atoms with Gasteiger partial charge in [-0.15, -0.1) is 0 Å². The first-order valence-corrected chi connectivity index (χ1v) is 8.70. The molecule has 2 aromatic carbocycles. The van der Waals surface area contributed by atoms with Crippen LogP contribution in [0.4, 0.5) is 17.2 Å². The summed E-state index contributed by atoms with van der Waals surface area (Å²) in [5, 5.41) is 6.10. The van der Waals surface area contributed by atoms with Crippen molar-refractivity contribution in [3.63, 3.8) is 0 Å². The van der Waals surface area contributed by atoms with Gasteiger partial charge in [-0.2, -0.15) is 0 Å². The number of methoxy groups -OCH3 is 1. The Balaban J connectivity index is 1.75. The van der Waals surface area contributed by atoms with Gasteiger partial charge in [0.05, 0.1) is 7.11 Å². The highest BCUT2D eigenvalue weighted by atomic mass is 16.5. The van der Waals surface area contributed by atoms with Gasteiger partial charge < -0.3 is 15.4 Å². The number of rotatable bonds is 6. The lowest BCUT2D eigenvalue weighted by atomic mass is 10.0. The van der Waals surface area contributed by atoms with E-state index < -0.39 is 0 Å². The average molecular weight is 362 g/mol. The molecular weight excluding hydrogens is 340 g/mol. The fraction of sp³-hybridized carbons (Fsp3) is 0.190. The number of hydrogen-bond acceptors (Lipinski definition) is 5. The van der Waals surface area contributed by atoms with Crippen LogP contribution in [0.2, 0.25) is 0 Å². The number of carbonyl (C=O) groups is 1. The van der Waals surface area contributed by atoms with Crippen molar-refractivity contribution >= 4 is 23.1 Å². The van der Waals surface area contributed by atoms with Gasteiger partial charge in [0.1, 0.15) is 23.6 Å². The molecule has 3 aromatic rings. The minimum absolute atomic E-state index is 0.275. The van der Waals surface area contributed by atoms with Gasteiger partial charge in [-0.1, -0.05) is 32.0 Å². The van der Waals surface area contributed by atoms with Crippen molar-refractivity contribution < 1.29 is 9.53 Å². The van der Waals surface area contributed by atoms with Crippen LogP contribution in [0.25, 0.3) is 0 Å². The third-order valence-corrected chi connectivity index (χ3v) is 4.09. The number of nitrogens with zero attached hydrogens (tertiary/aromatic N) is 2. The Hall–Kier alpha value is -3.41. The number of hydrogen-bond donors (Lipinski definition) is 2. The van der Waals surface area contributed by atoms with Gasteiger partial charge in [0, 0.05) is 17.4 Å². The van der Waals surface area contributed by atoms with E-state index in [4.69, 9.17) is 4.74 Å². The molecule has 1 heterocycles. The number of benzene rings is 2. The van der Waals surface area contributed by atoms with Crippen LogP contribution in [0.5, 0.6) is 5.75 Å². The van der Waals surface area contributed by atoms with Gasteiger partial charge in [0.25, 0.3) is 5.91 Å². The Bertz CT molecular complexity index is 923. The summed E-state index contributed by atoms with van der Waals surface area (Å²) < 4.78 is 5.15. The van der Waals surface area contributed by atoms with E-state index in [0.29, 0.717) is 17.4 Å². The number of aromatic nitrogens is 2. The Kier molecular flexibility index (Phi) is 5.66. The van der Waals surface area contributed by atoms with E-state index >= 15 is 0 Å². The second-order valence-electron chi connectivity index (χ2n) is 6.34. The third kappa shape index (κ3) is 4.61. The predicted molar refractivity (Wildman–Crippen MR) is 107 cm³/mol. The molecule has 0 saturated heterocycles. The zero-order chi connectivity index (χ0) is 19.2. The summed E-state index contributed by atoms with van der Waals surface area (Å²) in [5.74, 6) is 1.34. The maximum absolute atomic E-state index is 12.6. The molecular formula is C21H22N4O2. The zero-order valence-corrected chi connectivity index (χ0v) is 15.6. The number of para-hydroxylation sites is 1. The first-order valence-electron chi connectivity index (χ1n) is 8.70. The molecule has 6 heteroatoms. The van der Waals surface area contributed by atoms with E-state index in [9.17, 15) is 4.79 Å². The van der Waals surface area contributed by atoms with Crippen LogP contribution in [-0.2, 0) is 0 Å². The number of anilines is 3. The highest BCUT2D eigenvalue weighted by molar-refractivity contribution is 6.03. The van der Waals surface area contributed by atoms with Gasteiger partial charge in [0.15, 0.2) is 0 Å². The van der Waals surface area contributed by atoms with Crippen LogP contribution in [0.3, 0.4) is 0 Å². The maximum atomic E-state index is 12.6. The summed E-state index contributed by atoms with van der Waals surface area (Å²) in [7, 11) is 1.62. The van der Waals surface area contributed by atoms with E-state index in [1.165, 1.54) is 6.33 Å². The van der Waals surface area contributed by atoms with E-state index in [2.05, 4.69) is 34.4 Å². The van der Waals surface area contributed by atoms with E-state index in [1.54, 1.807) is 13.2 Å². The molecule has 3 rings (SSSR count). The first-order chi connectivity index (χ1) is 13.1. The number of carbonyl (C=O) groups excluding carboxylic acids is 1. The van der Waals surface area contributed by atoms with Gasteiger partial charge >= 0.3 is 0 Å². The maximum Gasteiger partial charge on any atom is 0.274 e. The van der Waals surface area contributed by atoms with Gasteiger partial charge in [-0.3, -0.25) is 4.79 Å². The molecule has 1 amide bonds. The molecule has 0 unspecified atom stereocenters. The van der Waals surface area contributed by atoms with E-state index in [0.717, 1.165) is 22.7 Å². The van der Waals surface area contributed by atoms with E-state index in [1.807, 2.05) is 48.5 Å². The van der Waals surface area contributed by atoms with Crippen LogP contribution < -0.4 is 15.4 Å². The SMILES string of the molecule is COc1ccc(Nc2cc(C(=O)Nc3ccccc3C(C)C)ncn2)cc1. The second kappa shape index (κ2) is 8.31. The molecule has 0 atom stereocenters. The van der Waals surface area contributed by atoms with Crippen molar-refractivity contribution in [3.8, 4) is 5.75 Å². The normalized spacial score (nSPS) is 10.5. The van der Waals surface area contributed by atoms with Crippen LogP contribution >= 0.6 is 0 Å². The molecule has 0 bridgehead atoms. The first kappa shape index (κ1) is 18.4. The minimum Gasteiger partial charge on any atom is -0.497 e. The Morgan fingerprint density at radius 1 is 1.04 bits per heavy atom. The van der Waals surface area contributed by atoms with Gasteiger partial charge in [0.2, 0.25) is 0 Å². The lowest BCUT2D eigenvalue weighted by Gasteiger charge is -2.13. The summed E-state index contributed by atoms with van der Waals surface area (Å²) in [5.41, 5.74) is 3.00. The molecule has 0 aliphatic heterocycles. The summed E-state index contributed by atoms with van der Waals surface area (Å²) in [6, 6.07) is 16.8.